The van der Waals surface area contributed by atoms with Crippen LogP contribution in [0.15, 0.2) is 41.5 Å². The summed E-state index contributed by atoms with van der Waals surface area (Å²) in [6.07, 6.45) is 1.69. The quantitative estimate of drug-likeness (QED) is 0.501. The normalized spacial score (nSPS) is 10.9. The number of halogens is 1. The maximum absolute atomic E-state index is 12.1. The first-order valence-electron chi connectivity index (χ1n) is 9.00. The molecular weight excluding hydrogens is 380 g/mol. The Balaban J connectivity index is 2.01. The molecule has 0 aliphatic carbocycles. The summed E-state index contributed by atoms with van der Waals surface area (Å²) in [4.78, 5) is 12.1. The van der Waals surface area contributed by atoms with Crippen molar-refractivity contribution in [3.8, 4) is 17.2 Å². The maximum atomic E-state index is 12.1. The summed E-state index contributed by atoms with van der Waals surface area (Å²) in [5, 5.41) is 4.51. The fourth-order valence-electron chi connectivity index (χ4n) is 2.43. The number of hydrogen-bond acceptors (Lipinski definition) is 5. The number of amides is 1. The molecule has 2 aromatic rings. The molecule has 0 radical (unpaired) electrons. The van der Waals surface area contributed by atoms with E-state index in [0.29, 0.717) is 34.4 Å². The van der Waals surface area contributed by atoms with E-state index in [9.17, 15) is 4.79 Å². The van der Waals surface area contributed by atoms with Crippen molar-refractivity contribution in [2.45, 2.75) is 33.3 Å². The van der Waals surface area contributed by atoms with Crippen molar-refractivity contribution < 1.29 is 19.0 Å². The fraction of sp³-hybridized carbons (Fsp3) is 0.333. The number of ether oxygens (including phenoxy) is 3. The van der Waals surface area contributed by atoms with Crippen molar-refractivity contribution in [3.63, 3.8) is 0 Å². The molecule has 0 saturated heterocycles. The van der Waals surface area contributed by atoms with Crippen molar-refractivity contribution >= 4 is 23.7 Å². The molecule has 0 unspecified atom stereocenters. The topological polar surface area (TPSA) is 69.2 Å². The Labute approximate surface area is 170 Å². The molecule has 0 aromatic heterocycles. The second kappa shape index (κ2) is 10.6. The highest BCUT2D eigenvalue weighted by atomic mass is 35.5. The van der Waals surface area contributed by atoms with Gasteiger partial charge in [0.05, 0.1) is 32.5 Å². The van der Waals surface area contributed by atoms with Gasteiger partial charge in [0.15, 0.2) is 11.5 Å². The minimum absolute atomic E-state index is 0.0430. The lowest BCUT2D eigenvalue weighted by Crippen LogP contribution is -2.20. The van der Waals surface area contributed by atoms with E-state index in [0.717, 1.165) is 5.56 Å². The average molecular weight is 405 g/mol. The van der Waals surface area contributed by atoms with Crippen molar-refractivity contribution in [1.82, 2.24) is 5.43 Å². The van der Waals surface area contributed by atoms with Crippen molar-refractivity contribution in [2.75, 3.05) is 13.7 Å². The van der Waals surface area contributed by atoms with E-state index < -0.39 is 0 Å². The van der Waals surface area contributed by atoms with Crippen molar-refractivity contribution in [2.24, 2.45) is 5.10 Å². The molecule has 0 atom stereocenters. The summed E-state index contributed by atoms with van der Waals surface area (Å²) < 4.78 is 16.5. The first-order valence-corrected chi connectivity index (χ1v) is 9.38. The van der Waals surface area contributed by atoms with Gasteiger partial charge in [-0.05, 0) is 68.3 Å². The Morgan fingerprint density at radius 1 is 1.21 bits per heavy atom. The zero-order valence-corrected chi connectivity index (χ0v) is 17.2. The van der Waals surface area contributed by atoms with Gasteiger partial charge in [0.1, 0.15) is 5.75 Å². The molecule has 150 valence electrons. The van der Waals surface area contributed by atoms with Crippen LogP contribution in [0.3, 0.4) is 0 Å². The second-order valence-electron chi connectivity index (χ2n) is 6.23. The van der Waals surface area contributed by atoms with E-state index in [1.807, 2.05) is 39.0 Å². The molecule has 0 bridgehead atoms. The van der Waals surface area contributed by atoms with E-state index in [4.69, 9.17) is 25.8 Å². The zero-order chi connectivity index (χ0) is 20.5. The number of carbonyl (C=O) groups is 1. The van der Waals surface area contributed by atoms with Crippen LogP contribution < -0.4 is 19.6 Å². The smallest absolute Gasteiger partial charge is 0.244 e. The van der Waals surface area contributed by atoms with Crippen LogP contribution in [-0.2, 0) is 11.2 Å². The van der Waals surface area contributed by atoms with Crippen LogP contribution in [0.25, 0.3) is 0 Å². The van der Waals surface area contributed by atoms with Crippen LogP contribution in [0.4, 0.5) is 0 Å². The second-order valence-corrected chi connectivity index (χ2v) is 6.64. The van der Waals surface area contributed by atoms with Crippen LogP contribution >= 0.6 is 11.6 Å². The first kappa shape index (κ1) is 21.6. The molecule has 0 saturated carbocycles. The summed E-state index contributed by atoms with van der Waals surface area (Å²) in [5.41, 5.74) is 3.95. The van der Waals surface area contributed by atoms with Crippen LogP contribution in [0.2, 0.25) is 5.02 Å². The number of nitrogens with zero attached hydrogens (tertiary/aromatic N) is 1. The number of methoxy groups -OCH3 is 1. The molecule has 7 heteroatoms. The Hall–Kier alpha value is -2.73. The molecule has 2 aromatic carbocycles. The molecule has 0 spiro atoms. The summed E-state index contributed by atoms with van der Waals surface area (Å²) in [7, 11) is 1.56. The lowest BCUT2D eigenvalue weighted by molar-refractivity contribution is -0.120. The number of nitrogens with one attached hydrogen (secondary N) is 1. The monoisotopic (exact) mass is 404 g/mol. The van der Waals surface area contributed by atoms with Crippen LogP contribution in [0, 0.1) is 0 Å². The van der Waals surface area contributed by atoms with Gasteiger partial charge in [-0.25, -0.2) is 5.43 Å². The highest BCUT2D eigenvalue weighted by molar-refractivity contribution is 6.31. The third-order valence-electron chi connectivity index (χ3n) is 3.64. The van der Waals surface area contributed by atoms with Gasteiger partial charge >= 0.3 is 0 Å². The Bertz CT molecular complexity index is 837. The number of hydrazone groups is 1. The Kier molecular flexibility index (Phi) is 8.14. The van der Waals surface area contributed by atoms with E-state index >= 15 is 0 Å². The number of hydrogen-bond donors (Lipinski definition) is 1. The predicted molar refractivity (Wildman–Crippen MR) is 111 cm³/mol. The van der Waals surface area contributed by atoms with E-state index in [1.165, 1.54) is 0 Å². The fourth-order valence-corrected chi connectivity index (χ4v) is 2.61. The van der Waals surface area contributed by atoms with Crippen molar-refractivity contribution in [3.05, 3.63) is 52.5 Å². The van der Waals surface area contributed by atoms with Gasteiger partial charge in [-0.2, -0.15) is 5.10 Å². The lowest BCUT2D eigenvalue weighted by Gasteiger charge is -2.14. The molecule has 1 amide bonds. The molecular formula is C21H25ClN2O4. The maximum Gasteiger partial charge on any atom is 0.244 e. The minimum Gasteiger partial charge on any atom is -0.497 e. The van der Waals surface area contributed by atoms with Gasteiger partial charge in [0.2, 0.25) is 5.91 Å². The van der Waals surface area contributed by atoms with Gasteiger partial charge in [0, 0.05) is 5.02 Å². The zero-order valence-electron chi connectivity index (χ0n) is 16.5. The standard InChI is InChI=1S/C21H25ClN2O4/c1-5-27-20-10-15(6-9-19(20)28-14(2)3)13-23-24-21(25)12-16-11-17(26-4)7-8-18(16)22/h6-11,13-14H,5,12H2,1-4H3,(H,24,25)/b23-13+. The SMILES string of the molecule is CCOc1cc(/C=N/NC(=O)Cc2cc(OC)ccc2Cl)ccc1OC(C)C. The molecule has 0 aliphatic rings. The van der Waals surface area contributed by atoms with Crippen LogP contribution in [0.5, 0.6) is 17.2 Å². The highest BCUT2D eigenvalue weighted by Crippen LogP contribution is 2.29. The van der Waals surface area contributed by atoms with Crippen LogP contribution in [0.1, 0.15) is 31.9 Å². The van der Waals surface area contributed by atoms with Gasteiger partial charge in [-0.15, -0.1) is 0 Å². The summed E-state index contributed by atoms with van der Waals surface area (Å²) >= 11 is 6.13. The number of benzene rings is 2. The molecule has 28 heavy (non-hydrogen) atoms. The largest absolute Gasteiger partial charge is 0.497 e. The lowest BCUT2D eigenvalue weighted by atomic mass is 10.1. The van der Waals surface area contributed by atoms with E-state index in [1.54, 1.807) is 31.5 Å². The molecule has 0 heterocycles. The number of carbonyl (C=O) groups excluding carboxylic acids is 1. The molecule has 0 aliphatic heterocycles. The van der Waals surface area contributed by atoms with Crippen molar-refractivity contribution in [1.29, 1.82) is 0 Å². The molecule has 1 N–H and O–H groups in total. The van der Waals surface area contributed by atoms with Crippen LogP contribution in [-0.4, -0.2) is 31.9 Å². The van der Waals surface area contributed by atoms with E-state index in [-0.39, 0.29) is 18.4 Å². The average Bonchev–Trinajstić information content (AvgIpc) is 2.65. The molecule has 0 fully saturated rings. The number of rotatable bonds is 9. The van der Waals surface area contributed by atoms with E-state index in [2.05, 4.69) is 10.5 Å². The summed E-state index contributed by atoms with van der Waals surface area (Å²) in [5.74, 6) is 1.67. The summed E-state index contributed by atoms with van der Waals surface area (Å²) in [6, 6.07) is 10.6. The van der Waals surface area contributed by atoms with Gasteiger partial charge < -0.3 is 14.2 Å². The molecule has 6 nitrogen and oxygen atoms in total. The Morgan fingerprint density at radius 3 is 2.68 bits per heavy atom. The summed E-state index contributed by atoms with van der Waals surface area (Å²) in [6.45, 7) is 6.33. The Morgan fingerprint density at radius 2 is 2.00 bits per heavy atom. The van der Waals surface area contributed by atoms with Gasteiger partial charge in [0.25, 0.3) is 0 Å². The van der Waals surface area contributed by atoms with Gasteiger partial charge in [-0.1, -0.05) is 11.6 Å². The highest BCUT2D eigenvalue weighted by Gasteiger charge is 2.09. The predicted octanol–water partition coefficient (Wildman–Crippen LogP) is 4.23. The van der Waals surface area contributed by atoms with Gasteiger partial charge in [-0.3, -0.25) is 4.79 Å². The minimum atomic E-state index is -0.281. The molecule has 2 rings (SSSR count). The first-order chi connectivity index (χ1) is 13.4. The third kappa shape index (κ3) is 6.46. The third-order valence-corrected chi connectivity index (χ3v) is 4.01.